The Balaban J connectivity index is 1.89. The number of rotatable bonds is 2. The average Bonchev–Trinajstić information content (AvgIpc) is 2.94. The van der Waals surface area contributed by atoms with E-state index in [1.807, 2.05) is 0 Å². The molecular formula is C17H8BrClFN3O2S2. The van der Waals surface area contributed by atoms with Crippen LogP contribution in [-0.4, -0.2) is 15.3 Å². The summed E-state index contributed by atoms with van der Waals surface area (Å²) >= 11 is 15.5. The molecule has 27 heavy (non-hydrogen) atoms. The molecule has 5 nitrogen and oxygen atoms in total. The Morgan fingerprint density at radius 1 is 1.30 bits per heavy atom. The van der Waals surface area contributed by atoms with E-state index in [0.717, 1.165) is 11.3 Å². The molecule has 0 radical (unpaired) electrons. The maximum Gasteiger partial charge on any atom is 0.269 e. The van der Waals surface area contributed by atoms with E-state index in [1.165, 1.54) is 18.2 Å². The summed E-state index contributed by atoms with van der Waals surface area (Å²) in [4.78, 5) is 28.0. The number of nitrogens with one attached hydrogen (secondary N) is 2. The Morgan fingerprint density at radius 3 is 2.81 bits per heavy atom. The molecule has 0 spiro atoms. The molecule has 2 aromatic heterocycles. The first kappa shape index (κ1) is 18.3. The van der Waals surface area contributed by atoms with Crippen molar-refractivity contribution < 1.29 is 9.18 Å². The van der Waals surface area contributed by atoms with Gasteiger partial charge in [-0.1, -0.05) is 38.9 Å². The largest absolute Gasteiger partial charge is 0.319 e. The second-order valence-corrected chi connectivity index (χ2v) is 8.57. The van der Waals surface area contributed by atoms with Gasteiger partial charge in [0.05, 0.1) is 16.6 Å². The molecule has 0 fully saturated rings. The summed E-state index contributed by atoms with van der Waals surface area (Å²) in [5.74, 6) is -1.16. The second-order valence-electron chi connectivity index (χ2n) is 5.57. The Morgan fingerprint density at radius 2 is 2.07 bits per heavy atom. The summed E-state index contributed by atoms with van der Waals surface area (Å²) < 4.78 is 16.5. The third-order valence-corrected chi connectivity index (χ3v) is 5.97. The molecule has 0 atom stereocenters. The Hall–Kier alpha value is -2.07. The number of carbonyl (C=O) groups is 1. The van der Waals surface area contributed by atoms with Crippen molar-refractivity contribution >= 4 is 79.2 Å². The molecule has 0 aliphatic heterocycles. The van der Waals surface area contributed by atoms with Crippen LogP contribution in [0.4, 0.5) is 10.1 Å². The summed E-state index contributed by atoms with van der Waals surface area (Å²) in [6.45, 7) is 0. The van der Waals surface area contributed by atoms with Crippen LogP contribution in [0.1, 0.15) is 9.67 Å². The van der Waals surface area contributed by atoms with Crippen molar-refractivity contribution in [2.75, 3.05) is 5.32 Å². The minimum absolute atomic E-state index is 0.0237. The molecule has 2 aromatic carbocycles. The predicted molar refractivity (Wildman–Crippen MR) is 111 cm³/mol. The van der Waals surface area contributed by atoms with Gasteiger partial charge in [0.1, 0.15) is 16.3 Å². The maximum atomic E-state index is 14.0. The molecule has 2 heterocycles. The van der Waals surface area contributed by atoms with Crippen molar-refractivity contribution in [3.05, 3.63) is 70.9 Å². The number of nitrogens with zero attached hydrogens (tertiary/aromatic N) is 1. The molecule has 0 saturated carbocycles. The summed E-state index contributed by atoms with van der Waals surface area (Å²) in [7, 11) is 0. The Kier molecular flexibility index (Phi) is 4.63. The lowest BCUT2D eigenvalue weighted by atomic mass is 10.2. The molecule has 136 valence electrons. The van der Waals surface area contributed by atoms with Crippen molar-refractivity contribution in [3.8, 4) is 0 Å². The fourth-order valence-corrected chi connectivity index (χ4v) is 4.47. The van der Waals surface area contributed by atoms with Crippen molar-refractivity contribution in [1.29, 1.82) is 0 Å². The lowest BCUT2D eigenvalue weighted by molar-refractivity contribution is 0.103. The highest BCUT2D eigenvalue weighted by Crippen LogP contribution is 2.26. The van der Waals surface area contributed by atoms with Crippen LogP contribution in [0.2, 0.25) is 5.02 Å². The van der Waals surface area contributed by atoms with E-state index in [-0.39, 0.29) is 16.2 Å². The van der Waals surface area contributed by atoms with Crippen LogP contribution in [0.25, 0.3) is 16.6 Å². The van der Waals surface area contributed by atoms with Gasteiger partial charge in [0.25, 0.3) is 11.5 Å². The summed E-state index contributed by atoms with van der Waals surface area (Å²) in [5.41, 5.74) is 0.410. The number of amides is 1. The zero-order chi connectivity index (χ0) is 19.3. The van der Waals surface area contributed by atoms with Gasteiger partial charge >= 0.3 is 0 Å². The summed E-state index contributed by atoms with van der Waals surface area (Å²) in [6.07, 6.45) is 0. The zero-order valence-electron chi connectivity index (χ0n) is 13.2. The highest BCUT2D eigenvalue weighted by molar-refractivity contribution is 9.10. The fraction of sp³-hybridized carbons (Fsp3) is 0. The topological polar surface area (TPSA) is 66.4 Å². The SMILES string of the molecule is O=C(Nc1ccc(Br)cc1F)c1sc(=S)n2c1[nH]c(=O)c1cc(Cl)ccc12. The van der Waals surface area contributed by atoms with Crippen LogP contribution < -0.4 is 10.9 Å². The first-order valence-electron chi connectivity index (χ1n) is 7.48. The van der Waals surface area contributed by atoms with Crippen molar-refractivity contribution in [3.63, 3.8) is 0 Å². The van der Waals surface area contributed by atoms with E-state index in [9.17, 15) is 14.0 Å². The monoisotopic (exact) mass is 483 g/mol. The molecule has 2 N–H and O–H groups in total. The smallest absolute Gasteiger partial charge is 0.269 e. The van der Waals surface area contributed by atoms with E-state index < -0.39 is 17.3 Å². The lowest BCUT2D eigenvalue weighted by Crippen LogP contribution is -2.15. The summed E-state index contributed by atoms with van der Waals surface area (Å²) in [6, 6.07) is 9.13. The first-order valence-corrected chi connectivity index (χ1v) is 9.88. The van der Waals surface area contributed by atoms with Crippen LogP contribution in [0, 0.1) is 9.77 Å². The molecular weight excluding hydrogens is 477 g/mol. The van der Waals surface area contributed by atoms with Gasteiger partial charge in [0.2, 0.25) is 0 Å². The zero-order valence-corrected chi connectivity index (χ0v) is 17.2. The first-order chi connectivity index (χ1) is 12.8. The second kappa shape index (κ2) is 6.83. The van der Waals surface area contributed by atoms with Crippen LogP contribution in [-0.2, 0) is 0 Å². The quantitative estimate of drug-likeness (QED) is 0.376. The van der Waals surface area contributed by atoms with Gasteiger partial charge in [-0.25, -0.2) is 4.39 Å². The van der Waals surface area contributed by atoms with Gasteiger partial charge in [-0.2, -0.15) is 0 Å². The molecule has 0 bridgehead atoms. The van der Waals surface area contributed by atoms with Gasteiger partial charge in [-0.05, 0) is 48.6 Å². The normalized spacial score (nSPS) is 11.2. The number of benzene rings is 2. The molecule has 0 saturated heterocycles. The molecule has 0 aliphatic rings. The van der Waals surface area contributed by atoms with E-state index in [0.29, 0.717) is 24.4 Å². The predicted octanol–water partition coefficient (Wildman–Crippen LogP) is 5.38. The van der Waals surface area contributed by atoms with Crippen molar-refractivity contribution in [2.45, 2.75) is 0 Å². The number of carbonyl (C=O) groups excluding carboxylic acids is 1. The van der Waals surface area contributed by atoms with Crippen molar-refractivity contribution in [1.82, 2.24) is 9.38 Å². The highest BCUT2D eigenvalue weighted by Gasteiger charge is 2.19. The van der Waals surface area contributed by atoms with E-state index in [4.69, 9.17) is 23.8 Å². The number of thiazole rings is 1. The van der Waals surface area contributed by atoms with Gasteiger partial charge in [-0.3, -0.25) is 14.0 Å². The molecule has 4 aromatic rings. The molecule has 0 unspecified atom stereocenters. The van der Waals surface area contributed by atoms with E-state index in [2.05, 4.69) is 26.2 Å². The van der Waals surface area contributed by atoms with E-state index in [1.54, 1.807) is 22.6 Å². The third-order valence-electron chi connectivity index (χ3n) is 3.87. The van der Waals surface area contributed by atoms with Gasteiger partial charge < -0.3 is 10.3 Å². The number of H-pyrrole nitrogens is 1. The number of hydrogen-bond acceptors (Lipinski definition) is 4. The number of halogens is 3. The highest BCUT2D eigenvalue weighted by atomic mass is 79.9. The molecule has 1 amide bonds. The number of hydrogen-bond donors (Lipinski definition) is 2. The molecule has 4 rings (SSSR count). The van der Waals surface area contributed by atoms with Crippen LogP contribution in [0.5, 0.6) is 0 Å². The Bertz CT molecular complexity index is 1360. The third kappa shape index (κ3) is 3.20. The van der Waals surface area contributed by atoms with Gasteiger partial charge in [-0.15, -0.1) is 0 Å². The number of aromatic amines is 1. The molecule has 10 heteroatoms. The van der Waals surface area contributed by atoms with Gasteiger partial charge in [0, 0.05) is 9.50 Å². The summed E-state index contributed by atoms with van der Waals surface area (Å²) in [5, 5.41) is 3.28. The Labute approximate surface area is 173 Å². The number of fused-ring (bicyclic) bond motifs is 3. The number of aromatic nitrogens is 2. The fourth-order valence-electron chi connectivity index (χ4n) is 2.69. The van der Waals surface area contributed by atoms with Crippen LogP contribution in [0.3, 0.4) is 0 Å². The average molecular weight is 485 g/mol. The minimum atomic E-state index is -0.585. The minimum Gasteiger partial charge on any atom is -0.319 e. The maximum absolute atomic E-state index is 14.0. The van der Waals surface area contributed by atoms with Crippen molar-refractivity contribution in [2.24, 2.45) is 0 Å². The van der Waals surface area contributed by atoms with Crippen LogP contribution >= 0.6 is 51.1 Å². The standard InChI is InChI=1S/C17H8BrClFN3O2S2/c18-7-1-3-11(10(20)5-7)21-16(25)13-14-22-15(24)9-6-8(19)2-4-12(9)23(14)17(26)27-13/h1-6H,(H,21,25)(H,22,24). The van der Waals surface area contributed by atoms with Gasteiger partial charge in [0.15, 0.2) is 3.95 Å². The van der Waals surface area contributed by atoms with Crippen LogP contribution in [0.15, 0.2) is 45.7 Å². The van der Waals surface area contributed by atoms with E-state index >= 15 is 0 Å². The number of anilines is 1. The molecule has 0 aliphatic carbocycles. The lowest BCUT2D eigenvalue weighted by Gasteiger charge is -2.06.